The SMILES string of the molecule is CC(C)N1C(=O)CCC1C(=O)NCCC1=CCCCC1. The molecule has 1 saturated heterocycles. The van der Waals surface area contributed by atoms with Crippen molar-refractivity contribution in [2.45, 2.75) is 70.9 Å². The van der Waals surface area contributed by atoms with Crippen LogP contribution in [0, 0.1) is 0 Å². The molecule has 0 aromatic heterocycles. The molecule has 0 spiro atoms. The Morgan fingerprint density at radius 3 is 2.85 bits per heavy atom. The molecule has 0 aromatic carbocycles. The quantitative estimate of drug-likeness (QED) is 0.785. The second-order valence-electron chi connectivity index (χ2n) is 6.10. The topological polar surface area (TPSA) is 49.4 Å². The highest BCUT2D eigenvalue weighted by Crippen LogP contribution is 2.22. The molecular weight excluding hydrogens is 252 g/mol. The Morgan fingerprint density at radius 2 is 2.20 bits per heavy atom. The van der Waals surface area contributed by atoms with Crippen molar-refractivity contribution in [1.82, 2.24) is 10.2 Å². The van der Waals surface area contributed by atoms with Gasteiger partial charge in [-0.05, 0) is 52.4 Å². The van der Waals surface area contributed by atoms with Crippen molar-refractivity contribution in [2.24, 2.45) is 0 Å². The fourth-order valence-corrected chi connectivity index (χ4v) is 3.20. The van der Waals surface area contributed by atoms with Gasteiger partial charge in [0.1, 0.15) is 6.04 Å². The maximum Gasteiger partial charge on any atom is 0.242 e. The molecule has 1 fully saturated rings. The van der Waals surface area contributed by atoms with Crippen LogP contribution in [0.15, 0.2) is 11.6 Å². The van der Waals surface area contributed by atoms with Crippen LogP contribution in [0.2, 0.25) is 0 Å². The number of amides is 2. The van der Waals surface area contributed by atoms with Gasteiger partial charge in [0, 0.05) is 19.0 Å². The summed E-state index contributed by atoms with van der Waals surface area (Å²) in [4.78, 5) is 25.7. The summed E-state index contributed by atoms with van der Waals surface area (Å²) in [7, 11) is 0. The highest BCUT2D eigenvalue weighted by Gasteiger charge is 2.37. The predicted molar refractivity (Wildman–Crippen MR) is 79.2 cm³/mol. The maximum absolute atomic E-state index is 12.2. The molecule has 0 radical (unpaired) electrons. The number of nitrogens with one attached hydrogen (secondary N) is 1. The Labute approximate surface area is 121 Å². The van der Waals surface area contributed by atoms with Gasteiger partial charge in [0.2, 0.25) is 11.8 Å². The van der Waals surface area contributed by atoms with E-state index in [0.29, 0.717) is 19.4 Å². The molecule has 1 unspecified atom stereocenters. The van der Waals surface area contributed by atoms with Crippen LogP contribution in [0.25, 0.3) is 0 Å². The van der Waals surface area contributed by atoms with E-state index in [0.717, 1.165) is 6.42 Å². The molecule has 1 aliphatic carbocycles. The molecule has 2 amide bonds. The van der Waals surface area contributed by atoms with Gasteiger partial charge in [0.25, 0.3) is 0 Å². The summed E-state index contributed by atoms with van der Waals surface area (Å²) in [6.07, 6.45) is 9.36. The molecule has 2 aliphatic rings. The first kappa shape index (κ1) is 15.1. The zero-order valence-electron chi connectivity index (χ0n) is 12.7. The highest BCUT2D eigenvalue weighted by molar-refractivity contribution is 5.91. The van der Waals surface area contributed by atoms with Crippen LogP contribution in [0.5, 0.6) is 0 Å². The van der Waals surface area contributed by atoms with Crippen LogP contribution in [-0.2, 0) is 9.59 Å². The van der Waals surface area contributed by atoms with Crippen molar-refractivity contribution in [1.29, 1.82) is 0 Å². The lowest BCUT2D eigenvalue weighted by Gasteiger charge is -2.27. The number of carbonyl (C=O) groups excluding carboxylic acids is 2. The molecule has 0 bridgehead atoms. The molecule has 4 heteroatoms. The third-order valence-electron chi connectivity index (χ3n) is 4.24. The minimum atomic E-state index is -0.261. The smallest absolute Gasteiger partial charge is 0.242 e. The van der Waals surface area contributed by atoms with Gasteiger partial charge in [0.05, 0.1) is 0 Å². The van der Waals surface area contributed by atoms with E-state index in [2.05, 4.69) is 11.4 Å². The lowest BCUT2D eigenvalue weighted by molar-refractivity contribution is -0.136. The van der Waals surface area contributed by atoms with Crippen molar-refractivity contribution in [3.63, 3.8) is 0 Å². The zero-order valence-corrected chi connectivity index (χ0v) is 12.7. The number of carbonyl (C=O) groups is 2. The van der Waals surface area contributed by atoms with Crippen LogP contribution < -0.4 is 5.32 Å². The summed E-state index contributed by atoms with van der Waals surface area (Å²) in [5.74, 6) is 0.121. The van der Waals surface area contributed by atoms with E-state index in [1.54, 1.807) is 4.90 Å². The number of hydrogen-bond acceptors (Lipinski definition) is 2. The van der Waals surface area contributed by atoms with Crippen LogP contribution in [0.4, 0.5) is 0 Å². The molecule has 112 valence electrons. The first-order valence-corrected chi connectivity index (χ1v) is 7.86. The lowest BCUT2D eigenvalue weighted by Crippen LogP contribution is -2.47. The summed E-state index contributed by atoms with van der Waals surface area (Å²) in [5, 5.41) is 3.00. The Kier molecular flexibility index (Phi) is 5.21. The fraction of sp³-hybridized carbons (Fsp3) is 0.750. The van der Waals surface area contributed by atoms with E-state index in [-0.39, 0.29) is 23.9 Å². The number of allylic oxidation sites excluding steroid dienone is 1. The van der Waals surface area contributed by atoms with E-state index < -0.39 is 0 Å². The molecular formula is C16H26N2O2. The molecule has 1 atom stereocenters. The summed E-state index contributed by atoms with van der Waals surface area (Å²) in [6, 6.07) is -0.162. The minimum absolute atomic E-state index is 0.0148. The Balaban J connectivity index is 1.79. The largest absolute Gasteiger partial charge is 0.354 e. The van der Waals surface area contributed by atoms with Gasteiger partial charge in [-0.25, -0.2) is 0 Å². The monoisotopic (exact) mass is 278 g/mol. The maximum atomic E-state index is 12.2. The van der Waals surface area contributed by atoms with E-state index >= 15 is 0 Å². The average molecular weight is 278 g/mol. The molecule has 4 nitrogen and oxygen atoms in total. The Morgan fingerprint density at radius 1 is 1.40 bits per heavy atom. The van der Waals surface area contributed by atoms with Gasteiger partial charge >= 0.3 is 0 Å². The molecule has 1 heterocycles. The first-order chi connectivity index (χ1) is 9.59. The molecule has 0 aromatic rings. The van der Waals surface area contributed by atoms with Gasteiger partial charge < -0.3 is 10.2 Å². The third kappa shape index (κ3) is 3.62. The summed E-state index contributed by atoms with van der Waals surface area (Å²) >= 11 is 0. The van der Waals surface area contributed by atoms with Crippen molar-refractivity contribution in [2.75, 3.05) is 6.54 Å². The number of hydrogen-bond donors (Lipinski definition) is 1. The molecule has 1 aliphatic heterocycles. The van der Waals surface area contributed by atoms with Crippen molar-refractivity contribution >= 4 is 11.8 Å². The average Bonchev–Trinajstić information content (AvgIpc) is 2.82. The van der Waals surface area contributed by atoms with E-state index in [4.69, 9.17) is 0 Å². The van der Waals surface area contributed by atoms with Crippen molar-refractivity contribution < 1.29 is 9.59 Å². The van der Waals surface area contributed by atoms with Crippen LogP contribution in [0.1, 0.15) is 58.8 Å². The second kappa shape index (κ2) is 6.91. The summed E-state index contributed by atoms with van der Waals surface area (Å²) in [5.41, 5.74) is 1.47. The third-order valence-corrected chi connectivity index (χ3v) is 4.24. The van der Waals surface area contributed by atoms with Gasteiger partial charge in [-0.15, -0.1) is 0 Å². The van der Waals surface area contributed by atoms with Crippen LogP contribution in [0.3, 0.4) is 0 Å². The zero-order chi connectivity index (χ0) is 14.5. The number of nitrogens with zero attached hydrogens (tertiary/aromatic N) is 1. The Bertz CT molecular complexity index is 401. The standard InChI is InChI=1S/C16H26N2O2/c1-12(2)18-14(8-9-15(18)19)16(20)17-11-10-13-6-4-3-5-7-13/h6,12,14H,3-5,7-11H2,1-2H3,(H,17,20). The molecule has 2 rings (SSSR count). The van der Waals surface area contributed by atoms with Gasteiger partial charge in [-0.3, -0.25) is 9.59 Å². The molecule has 20 heavy (non-hydrogen) atoms. The molecule has 1 N–H and O–H groups in total. The summed E-state index contributed by atoms with van der Waals surface area (Å²) in [6.45, 7) is 4.63. The molecule has 0 saturated carbocycles. The second-order valence-corrected chi connectivity index (χ2v) is 6.10. The van der Waals surface area contributed by atoms with E-state index in [1.165, 1.54) is 31.3 Å². The Hall–Kier alpha value is -1.32. The van der Waals surface area contributed by atoms with E-state index in [9.17, 15) is 9.59 Å². The summed E-state index contributed by atoms with van der Waals surface area (Å²) < 4.78 is 0. The minimum Gasteiger partial charge on any atom is -0.354 e. The van der Waals surface area contributed by atoms with E-state index in [1.807, 2.05) is 13.8 Å². The number of likely N-dealkylation sites (tertiary alicyclic amines) is 1. The van der Waals surface area contributed by atoms with Gasteiger partial charge in [-0.2, -0.15) is 0 Å². The fourth-order valence-electron chi connectivity index (χ4n) is 3.20. The van der Waals surface area contributed by atoms with Crippen LogP contribution in [-0.4, -0.2) is 35.3 Å². The van der Waals surface area contributed by atoms with Crippen LogP contribution >= 0.6 is 0 Å². The predicted octanol–water partition coefficient (Wildman–Crippen LogP) is 2.39. The van der Waals surface area contributed by atoms with Gasteiger partial charge in [-0.1, -0.05) is 11.6 Å². The highest BCUT2D eigenvalue weighted by atomic mass is 16.2. The van der Waals surface area contributed by atoms with Crippen molar-refractivity contribution in [3.8, 4) is 0 Å². The first-order valence-electron chi connectivity index (χ1n) is 7.86. The normalized spacial score (nSPS) is 23.1. The lowest BCUT2D eigenvalue weighted by atomic mass is 9.97. The number of rotatable bonds is 5. The van der Waals surface area contributed by atoms with Crippen molar-refractivity contribution in [3.05, 3.63) is 11.6 Å². The van der Waals surface area contributed by atoms with Gasteiger partial charge in [0.15, 0.2) is 0 Å².